The Balaban J connectivity index is 1.88. The number of ether oxygens (including phenoxy) is 1. The summed E-state index contributed by atoms with van der Waals surface area (Å²) in [5.74, 6) is 0. The molecular formula is C13H22N2OS. The molecule has 1 fully saturated rings. The predicted octanol–water partition coefficient (Wildman–Crippen LogP) is 2.93. The van der Waals surface area contributed by atoms with Crippen LogP contribution >= 0.6 is 11.3 Å². The van der Waals surface area contributed by atoms with Gasteiger partial charge in [-0.05, 0) is 32.6 Å². The Morgan fingerprint density at radius 3 is 3.18 bits per heavy atom. The molecule has 2 heterocycles. The lowest BCUT2D eigenvalue weighted by molar-refractivity contribution is 0.142. The molecule has 0 saturated carbocycles. The van der Waals surface area contributed by atoms with Gasteiger partial charge in [0.15, 0.2) is 0 Å². The Morgan fingerprint density at radius 2 is 2.41 bits per heavy atom. The Labute approximate surface area is 108 Å². The fourth-order valence-corrected chi connectivity index (χ4v) is 3.05. The van der Waals surface area contributed by atoms with E-state index in [9.17, 15) is 0 Å². The van der Waals surface area contributed by atoms with Crippen LogP contribution in [0.4, 0.5) is 0 Å². The standard InChI is InChI=1S/C13H22N2OS/c1-3-12-9-14-13(17-12)10(2)15-11-5-4-7-16-8-6-11/h9-11,15H,3-8H2,1-2H3. The quantitative estimate of drug-likeness (QED) is 0.897. The van der Waals surface area contributed by atoms with Crippen molar-refractivity contribution in [1.29, 1.82) is 0 Å². The lowest BCUT2D eigenvalue weighted by Gasteiger charge is -2.20. The Kier molecular flexibility index (Phi) is 4.95. The second-order valence-corrected chi connectivity index (χ2v) is 5.79. The van der Waals surface area contributed by atoms with Crippen molar-refractivity contribution in [3.05, 3.63) is 16.1 Å². The van der Waals surface area contributed by atoms with Crippen LogP contribution in [0, 0.1) is 0 Å². The van der Waals surface area contributed by atoms with E-state index in [2.05, 4.69) is 24.1 Å². The summed E-state index contributed by atoms with van der Waals surface area (Å²) < 4.78 is 5.48. The van der Waals surface area contributed by atoms with Crippen molar-refractivity contribution < 1.29 is 4.74 Å². The first-order chi connectivity index (χ1) is 8.29. The molecule has 0 aliphatic carbocycles. The van der Waals surface area contributed by atoms with Gasteiger partial charge < -0.3 is 10.1 Å². The van der Waals surface area contributed by atoms with Gasteiger partial charge in [0.2, 0.25) is 0 Å². The summed E-state index contributed by atoms with van der Waals surface area (Å²) >= 11 is 1.83. The highest BCUT2D eigenvalue weighted by atomic mass is 32.1. The minimum atomic E-state index is 0.364. The summed E-state index contributed by atoms with van der Waals surface area (Å²) in [6.07, 6.45) is 6.60. The maximum absolute atomic E-state index is 5.48. The molecule has 17 heavy (non-hydrogen) atoms. The van der Waals surface area contributed by atoms with Crippen molar-refractivity contribution in [1.82, 2.24) is 10.3 Å². The first-order valence-electron chi connectivity index (χ1n) is 6.58. The van der Waals surface area contributed by atoms with Crippen molar-refractivity contribution in [2.45, 2.75) is 51.6 Å². The van der Waals surface area contributed by atoms with Crippen molar-refractivity contribution in [2.75, 3.05) is 13.2 Å². The monoisotopic (exact) mass is 254 g/mol. The van der Waals surface area contributed by atoms with Gasteiger partial charge in [-0.25, -0.2) is 4.98 Å². The maximum atomic E-state index is 5.48. The van der Waals surface area contributed by atoms with Gasteiger partial charge in [-0.3, -0.25) is 0 Å². The van der Waals surface area contributed by atoms with Crippen LogP contribution in [-0.2, 0) is 11.2 Å². The third kappa shape index (κ3) is 3.76. The molecule has 0 spiro atoms. The number of rotatable bonds is 4. The largest absolute Gasteiger partial charge is 0.381 e. The van der Waals surface area contributed by atoms with Crippen LogP contribution in [0.5, 0.6) is 0 Å². The van der Waals surface area contributed by atoms with Crippen LogP contribution in [0.1, 0.15) is 49.0 Å². The molecule has 3 nitrogen and oxygen atoms in total. The average molecular weight is 254 g/mol. The molecule has 1 aromatic rings. The Morgan fingerprint density at radius 1 is 1.53 bits per heavy atom. The fourth-order valence-electron chi connectivity index (χ4n) is 2.18. The van der Waals surface area contributed by atoms with Crippen LogP contribution < -0.4 is 5.32 Å². The maximum Gasteiger partial charge on any atom is 0.109 e. The van der Waals surface area contributed by atoms with Gasteiger partial charge in [-0.1, -0.05) is 6.92 Å². The zero-order valence-electron chi connectivity index (χ0n) is 10.7. The van der Waals surface area contributed by atoms with Gasteiger partial charge in [0, 0.05) is 30.3 Å². The van der Waals surface area contributed by atoms with Gasteiger partial charge in [0.25, 0.3) is 0 Å². The van der Waals surface area contributed by atoms with E-state index < -0.39 is 0 Å². The Hall–Kier alpha value is -0.450. The van der Waals surface area contributed by atoms with Crippen LogP contribution in [0.3, 0.4) is 0 Å². The van der Waals surface area contributed by atoms with E-state index >= 15 is 0 Å². The molecule has 0 amide bonds. The summed E-state index contributed by atoms with van der Waals surface area (Å²) in [5, 5.41) is 4.90. The van der Waals surface area contributed by atoms with Gasteiger partial charge >= 0.3 is 0 Å². The summed E-state index contributed by atoms with van der Waals surface area (Å²) in [6.45, 7) is 6.20. The zero-order valence-corrected chi connectivity index (χ0v) is 11.6. The number of nitrogens with one attached hydrogen (secondary N) is 1. The number of nitrogens with zero attached hydrogens (tertiary/aromatic N) is 1. The van der Waals surface area contributed by atoms with Gasteiger partial charge in [-0.15, -0.1) is 11.3 Å². The third-order valence-corrected chi connectivity index (χ3v) is 4.55. The third-order valence-electron chi connectivity index (χ3n) is 3.23. The highest BCUT2D eigenvalue weighted by Crippen LogP contribution is 2.22. The van der Waals surface area contributed by atoms with E-state index in [0.717, 1.165) is 26.1 Å². The first kappa shape index (κ1) is 13.0. The van der Waals surface area contributed by atoms with Gasteiger partial charge in [0.05, 0.1) is 6.04 Å². The van der Waals surface area contributed by atoms with Crippen LogP contribution in [0.2, 0.25) is 0 Å². The summed E-state index contributed by atoms with van der Waals surface area (Å²) in [6, 6.07) is 0.949. The number of hydrogen-bond donors (Lipinski definition) is 1. The Bertz CT molecular complexity index is 332. The van der Waals surface area contributed by atoms with Crippen molar-refractivity contribution in [3.8, 4) is 0 Å². The average Bonchev–Trinajstić information content (AvgIpc) is 2.68. The molecule has 4 heteroatoms. The molecule has 0 aromatic carbocycles. The van der Waals surface area contributed by atoms with Crippen molar-refractivity contribution >= 4 is 11.3 Å². The molecule has 2 atom stereocenters. The molecule has 0 radical (unpaired) electrons. The molecular weight excluding hydrogens is 232 g/mol. The molecule has 2 rings (SSSR count). The van der Waals surface area contributed by atoms with Crippen molar-refractivity contribution in [3.63, 3.8) is 0 Å². The summed E-state index contributed by atoms with van der Waals surface area (Å²) in [7, 11) is 0. The van der Waals surface area contributed by atoms with Crippen molar-refractivity contribution in [2.24, 2.45) is 0 Å². The molecule has 0 bridgehead atoms. The normalized spacial score (nSPS) is 23.3. The zero-order chi connectivity index (χ0) is 12.1. The molecule has 1 aliphatic rings. The lowest BCUT2D eigenvalue weighted by Crippen LogP contribution is -2.31. The highest BCUT2D eigenvalue weighted by Gasteiger charge is 2.17. The number of aromatic nitrogens is 1. The number of hydrogen-bond acceptors (Lipinski definition) is 4. The number of aryl methyl sites for hydroxylation is 1. The molecule has 96 valence electrons. The lowest BCUT2D eigenvalue weighted by atomic mass is 10.1. The van der Waals surface area contributed by atoms with Gasteiger partial charge in [0.1, 0.15) is 5.01 Å². The van der Waals surface area contributed by atoms with E-state index in [-0.39, 0.29) is 0 Å². The number of thiazole rings is 1. The molecule has 2 unspecified atom stereocenters. The second-order valence-electron chi connectivity index (χ2n) is 4.65. The topological polar surface area (TPSA) is 34.2 Å². The van der Waals surface area contributed by atoms with Gasteiger partial charge in [-0.2, -0.15) is 0 Å². The minimum absolute atomic E-state index is 0.364. The van der Waals surface area contributed by atoms with E-state index in [1.165, 1.54) is 22.7 Å². The molecule has 1 N–H and O–H groups in total. The van der Waals surface area contributed by atoms with Crippen LogP contribution in [0.25, 0.3) is 0 Å². The van der Waals surface area contributed by atoms with E-state index in [1.54, 1.807) is 0 Å². The van der Waals surface area contributed by atoms with Crippen LogP contribution in [-0.4, -0.2) is 24.2 Å². The van der Waals surface area contributed by atoms with Crippen LogP contribution in [0.15, 0.2) is 6.20 Å². The van der Waals surface area contributed by atoms with E-state index in [4.69, 9.17) is 4.74 Å². The molecule has 1 aromatic heterocycles. The molecule has 1 aliphatic heterocycles. The highest BCUT2D eigenvalue weighted by molar-refractivity contribution is 7.11. The SMILES string of the molecule is CCc1cnc(C(C)NC2CCCOCC2)s1. The van der Waals surface area contributed by atoms with E-state index in [1.807, 2.05) is 17.5 Å². The minimum Gasteiger partial charge on any atom is -0.381 e. The van der Waals surface area contributed by atoms with E-state index in [0.29, 0.717) is 12.1 Å². The first-order valence-corrected chi connectivity index (χ1v) is 7.39. The predicted molar refractivity (Wildman–Crippen MR) is 71.5 cm³/mol. The summed E-state index contributed by atoms with van der Waals surface area (Å²) in [4.78, 5) is 5.87. The molecule has 1 saturated heterocycles. The fraction of sp³-hybridized carbons (Fsp3) is 0.769. The second kappa shape index (κ2) is 6.47. The smallest absolute Gasteiger partial charge is 0.109 e. The summed E-state index contributed by atoms with van der Waals surface area (Å²) in [5.41, 5.74) is 0.